The smallest absolute Gasteiger partial charge is 0.419 e. The Morgan fingerprint density at radius 2 is 1.86 bits per heavy atom. The first-order valence-corrected chi connectivity index (χ1v) is 4.05. The van der Waals surface area contributed by atoms with Gasteiger partial charge in [-0.3, -0.25) is 0 Å². The molecule has 1 nitrogen and oxygen atoms in total. The van der Waals surface area contributed by atoms with E-state index in [2.05, 4.69) is 13.2 Å². The quantitative estimate of drug-likeness (QED) is 0.504. The topological polar surface area (TPSA) is 9.23 Å². The number of alkyl halides is 3. The Hall–Kier alpha value is -1.19. The van der Waals surface area contributed by atoms with Gasteiger partial charge in [-0.05, 0) is 19.9 Å². The van der Waals surface area contributed by atoms with Crippen LogP contribution in [0, 0.1) is 0 Å². The van der Waals surface area contributed by atoms with Gasteiger partial charge >= 0.3 is 6.18 Å². The van der Waals surface area contributed by atoms with Crippen molar-refractivity contribution in [1.82, 2.24) is 0 Å². The first-order valence-electron chi connectivity index (χ1n) is 4.05. The van der Waals surface area contributed by atoms with Gasteiger partial charge in [0.15, 0.2) is 0 Å². The fourth-order valence-corrected chi connectivity index (χ4v) is 0.712. The first kappa shape index (κ1) is 12.8. The molecular weight excluding hydrogens is 193 g/mol. The highest BCUT2D eigenvalue weighted by Gasteiger charge is 2.35. The third-order valence-corrected chi connectivity index (χ3v) is 1.27. The van der Waals surface area contributed by atoms with Crippen molar-refractivity contribution in [3.05, 3.63) is 36.6 Å². The fraction of sp³-hybridized carbons (Fsp3) is 0.400. The Balaban J connectivity index is 4.77. The lowest BCUT2D eigenvalue weighted by Crippen LogP contribution is -2.16. The zero-order chi connectivity index (χ0) is 11.4. The number of ether oxygens (including phenoxy) is 1. The lowest BCUT2D eigenvalue weighted by Gasteiger charge is -2.17. The number of hydrogen-bond donors (Lipinski definition) is 0. The van der Waals surface area contributed by atoms with Crippen LogP contribution in [0.1, 0.15) is 13.8 Å². The van der Waals surface area contributed by atoms with Crippen LogP contribution >= 0.6 is 0 Å². The molecule has 0 bridgehead atoms. The van der Waals surface area contributed by atoms with Crippen molar-refractivity contribution in [3.63, 3.8) is 0 Å². The summed E-state index contributed by atoms with van der Waals surface area (Å²) in [6.45, 7) is 9.52. The Labute approximate surface area is 81.6 Å². The molecule has 0 saturated heterocycles. The number of allylic oxidation sites excluding steroid dienone is 3. The van der Waals surface area contributed by atoms with Crippen molar-refractivity contribution < 1.29 is 17.9 Å². The molecule has 0 fully saturated rings. The van der Waals surface area contributed by atoms with Crippen molar-refractivity contribution >= 4 is 0 Å². The Morgan fingerprint density at radius 1 is 1.36 bits per heavy atom. The van der Waals surface area contributed by atoms with E-state index in [0.29, 0.717) is 0 Å². The van der Waals surface area contributed by atoms with Gasteiger partial charge in [0.1, 0.15) is 5.76 Å². The summed E-state index contributed by atoms with van der Waals surface area (Å²) < 4.78 is 41.6. The molecule has 0 aliphatic carbocycles. The second-order valence-electron chi connectivity index (χ2n) is 2.91. The zero-order valence-electron chi connectivity index (χ0n) is 8.19. The van der Waals surface area contributed by atoms with Crippen LogP contribution in [0.5, 0.6) is 0 Å². The Bertz CT molecular complexity index is 249. The second kappa shape index (κ2) is 4.88. The maximum atomic E-state index is 12.2. The maximum Gasteiger partial charge on any atom is 0.419 e. The molecule has 0 aromatic heterocycles. The minimum Gasteiger partial charge on any atom is -0.490 e. The molecule has 0 aliphatic heterocycles. The molecule has 0 heterocycles. The summed E-state index contributed by atoms with van der Waals surface area (Å²) in [6.07, 6.45) is -2.42. The predicted molar refractivity (Wildman–Crippen MR) is 49.7 cm³/mol. The van der Waals surface area contributed by atoms with Gasteiger partial charge in [-0.1, -0.05) is 19.2 Å². The Kier molecular flexibility index (Phi) is 4.47. The van der Waals surface area contributed by atoms with Crippen molar-refractivity contribution in [2.24, 2.45) is 0 Å². The van der Waals surface area contributed by atoms with Gasteiger partial charge in [0.25, 0.3) is 0 Å². The highest BCUT2D eigenvalue weighted by molar-refractivity contribution is 5.29. The molecule has 0 amide bonds. The van der Waals surface area contributed by atoms with E-state index < -0.39 is 11.7 Å². The van der Waals surface area contributed by atoms with E-state index in [1.807, 2.05) is 0 Å². The highest BCUT2D eigenvalue weighted by Crippen LogP contribution is 2.30. The Morgan fingerprint density at radius 3 is 2.14 bits per heavy atom. The van der Waals surface area contributed by atoms with E-state index in [4.69, 9.17) is 4.74 Å². The van der Waals surface area contributed by atoms with Crippen LogP contribution in [0.2, 0.25) is 0 Å². The van der Waals surface area contributed by atoms with E-state index >= 15 is 0 Å². The summed E-state index contributed by atoms with van der Waals surface area (Å²) in [6, 6.07) is 0. The molecule has 0 radical (unpaired) electrons. The van der Waals surface area contributed by atoms with Gasteiger partial charge in [0.2, 0.25) is 0 Å². The molecule has 0 aliphatic rings. The van der Waals surface area contributed by atoms with Crippen LogP contribution in [0.15, 0.2) is 36.6 Å². The molecule has 4 heteroatoms. The predicted octanol–water partition coefficient (Wildman–Crippen LogP) is 3.60. The molecule has 0 spiro atoms. The van der Waals surface area contributed by atoms with E-state index in [-0.39, 0.29) is 11.9 Å². The van der Waals surface area contributed by atoms with E-state index in [1.165, 1.54) is 6.08 Å². The maximum absolute atomic E-state index is 12.2. The number of rotatable bonds is 4. The van der Waals surface area contributed by atoms with Crippen molar-refractivity contribution in [2.45, 2.75) is 26.1 Å². The van der Waals surface area contributed by atoms with E-state index in [9.17, 15) is 13.2 Å². The SMILES string of the molecule is C=C/C=C(/OC(C)C)C(=C)C(F)(F)F. The zero-order valence-corrected chi connectivity index (χ0v) is 8.19. The fourth-order valence-electron chi connectivity index (χ4n) is 0.712. The molecule has 14 heavy (non-hydrogen) atoms. The van der Waals surface area contributed by atoms with Gasteiger partial charge in [-0.15, -0.1) is 0 Å². The summed E-state index contributed by atoms with van der Waals surface area (Å²) in [7, 11) is 0. The number of halogens is 3. The van der Waals surface area contributed by atoms with E-state index in [1.54, 1.807) is 13.8 Å². The van der Waals surface area contributed by atoms with Gasteiger partial charge in [-0.2, -0.15) is 13.2 Å². The minimum atomic E-state index is -4.47. The molecular formula is C10H13F3O. The third-order valence-electron chi connectivity index (χ3n) is 1.27. The van der Waals surface area contributed by atoms with Gasteiger partial charge in [-0.25, -0.2) is 0 Å². The minimum absolute atomic E-state index is 0.289. The standard InChI is InChI=1S/C10H13F3O/c1-5-6-9(14-7(2)3)8(4)10(11,12)13/h5-7H,1,4H2,2-3H3/b9-6+. The molecule has 0 unspecified atom stereocenters. The lowest BCUT2D eigenvalue weighted by atomic mass is 10.2. The van der Waals surface area contributed by atoms with Gasteiger partial charge in [0.05, 0.1) is 11.7 Å². The van der Waals surface area contributed by atoms with Crippen LogP contribution in [0.4, 0.5) is 13.2 Å². The largest absolute Gasteiger partial charge is 0.490 e. The highest BCUT2D eigenvalue weighted by atomic mass is 19.4. The second-order valence-corrected chi connectivity index (χ2v) is 2.91. The molecule has 0 saturated carbocycles. The summed E-state index contributed by atoms with van der Waals surface area (Å²) in [4.78, 5) is 0. The summed E-state index contributed by atoms with van der Waals surface area (Å²) >= 11 is 0. The van der Waals surface area contributed by atoms with E-state index in [0.717, 1.165) is 6.08 Å². The molecule has 0 aromatic rings. The average Bonchev–Trinajstić information content (AvgIpc) is 2.00. The van der Waals surface area contributed by atoms with Crippen molar-refractivity contribution in [3.8, 4) is 0 Å². The van der Waals surface area contributed by atoms with Crippen LogP contribution in [-0.4, -0.2) is 12.3 Å². The first-order chi connectivity index (χ1) is 6.29. The lowest BCUT2D eigenvalue weighted by molar-refractivity contribution is -0.0944. The van der Waals surface area contributed by atoms with Crippen LogP contribution < -0.4 is 0 Å². The molecule has 0 aromatic carbocycles. The van der Waals surface area contributed by atoms with Crippen LogP contribution in [-0.2, 0) is 4.74 Å². The third kappa shape index (κ3) is 4.16. The van der Waals surface area contributed by atoms with Crippen LogP contribution in [0.25, 0.3) is 0 Å². The van der Waals surface area contributed by atoms with Crippen molar-refractivity contribution in [1.29, 1.82) is 0 Å². The monoisotopic (exact) mass is 206 g/mol. The molecule has 0 N–H and O–H groups in total. The average molecular weight is 206 g/mol. The van der Waals surface area contributed by atoms with Crippen LogP contribution in [0.3, 0.4) is 0 Å². The molecule has 0 rings (SSSR count). The normalized spacial score (nSPS) is 12.9. The summed E-state index contributed by atoms with van der Waals surface area (Å²) in [5.41, 5.74) is -0.994. The number of hydrogen-bond acceptors (Lipinski definition) is 1. The molecule has 80 valence electrons. The van der Waals surface area contributed by atoms with Crippen molar-refractivity contribution in [2.75, 3.05) is 0 Å². The van der Waals surface area contributed by atoms with Gasteiger partial charge in [0, 0.05) is 0 Å². The summed E-state index contributed by atoms with van der Waals surface area (Å²) in [5.74, 6) is -0.289. The summed E-state index contributed by atoms with van der Waals surface area (Å²) in [5, 5.41) is 0. The van der Waals surface area contributed by atoms with Gasteiger partial charge < -0.3 is 4.74 Å². The molecule has 0 atom stereocenters.